The van der Waals surface area contributed by atoms with Crippen molar-refractivity contribution in [3.8, 4) is 5.75 Å². The molecule has 3 nitrogen and oxygen atoms in total. The second-order valence-corrected chi connectivity index (χ2v) is 5.21. The molecule has 1 N–H and O–H groups in total. The Balaban J connectivity index is 1.75. The third-order valence-corrected chi connectivity index (χ3v) is 3.44. The molecule has 0 saturated heterocycles. The Labute approximate surface area is 126 Å². The maximum Gasteiger partial charge on any atom is 0.257 e. The SMILES string of the molecule is CCCCCCNC(=O)COc1ccc2ccccc2c1. The lowest BCUT2D eigenvalue weighted by molar-refractivity contribution is -0.123. The van der Waals surface area contributed by atoms with Gasteiger partial charge in [-0.05, 0) is 29.3 Å². The fourth-order valence-corrected chi connectivity index (χ4v) is 2.24. The molecule has 2 aromatic carbocycles. The Hall–Kier alpha value is -2.03. The van der Waals surface area contributed by atoms with Crippen LogP contribution in [0.2, 0.25) is 0 Å². The summed E-state index contributed by atoms with van der Waals surface area (Å²) >= 11 is 0. The lowest BCUT2D eigenvalue weighted by Gasteiger charge is -2.08. The van der Waals surface area contributed by atoms with Gasteiger partial charge in [-0.1, -0.05) is 56.5 Å². The molecule has 2 rings (SSSR count). The molecule has 0 atom stereocenters. The molecule has 0 aromatic heterocycles. The van der Waals surface area contributed by atoms with Gasteiger partial charge in [0, 0.05) is 6.54 Å². The molecule has 0 heterocycles. The predicted molar refractivity (Wildman–Crippen MR) is 86.6 cm³/mol. The molecule has 3 heteroatoms. The largest absolute Gasteiger partial charge is 0.484 e. The van der Waals surface area contributed by atoms with Gasteiger partial charge in [0.25, 0.3) is 5.91 Å². The number of carbonyl (C=O) groups is 1. The van der Waals surface area contributed by atoms with Crippen molar-refractivity contribution in [2.75, 3.05) is 13.2 Å². The summed E-state index contributed by atoms with van der Waals surface area (Å²) in [4.78, 5) is 11.7. The Morgan fingerprint density at radius 2 is 1.86 bits per heavy atom. The highest BCUT2D eigenvalue weighted by Crippen LogP contribution is 2.20. The van der Waals surface area contributed by atoms with Crippen LogP contribution in [0.5, 0.6) is 5.75 Å². The number of benzene rings is 2. The number of nitrogens with one attached hydrogen (secondary N) is 1. The van der Waals surface area contributed by atoms with Crippen LogP contribution in [0.15, 0.2) is 42.5 Å². The van der Waals surface area contributed by atoms with Crippen molar-refractivity contribution in [3.63, 3.8) is 0 Å². The van der Waals surface area contributed by atoms with Gasteiger partial charge in [-0.25, -0.2) is 0 Å². The second kappa shape index (κ2) is 8.30. The zero-order valence-electron chi connectivity index (χ0n) is 12.6. The third-order valence-electron chi connectivity index (χ3n) is 3.44. The standard InChI is InChI=1S/C18H23NO2/c1-2-3-4-7-12-19-18(20)14-21-17-11-10-15-8-5-6-9-16(15)13-17/h5-6,8-11,13H,2-4,7,12,14H2,1H3,(H,19,20). The van der Waals surface area contributed by atoms with Gasteiger partial charge >= 0.3 is 0 Å². The lowest BCUT2D eigenvalue weighted by atomic mass is 10.1. The molecule has 1 amide bonds. The summed E-state index contributed by atoms with van der Waals surface area (Å²) < 4.78 is 5.54. The van der Waals surface area contributed by atoms with Crippen LogP contribution in [0.3, 0.4) is 0 Å². The van der Waals surface area contributed by atoms with E-state index < -0.39 is 0 Å². The highest BCUT2D eigenvalue weighted by Gasteiger charge is 2.03. The Morgan fingerprint density at radius 3 is 2.67 bits per heavy atom. The van der Waals surface area contributed by atoms with Crippen LogP contribution in [0, 0.1) is 0 Å². The molecule has 0 spiro atoms. The lowest BCUT2D eigenvalue weighted by Crippen LogP contribution is -2.29. The van der Waals surface area contributed by atoms with Gasteiger partial charge in [0.15, 0.2) is 6.61 Å². The van der Waals surface area contributed by atoms with Gasteiger partial charge in [0.1, 0.15) is 5.75 Å². The summed E-state index contributed by atoms with van der Waals surface area (Å²) in [6, 6.07) is 14.0. The van der Waals surface area contributed by atoms with Crippen molar-refractivity contribution < 1.29 is 9.53 Å². The molecule has 0 aliphatic heterocycles. The van der Waals surface area contributed by atoms with Crippen molar-refractivity contribution >= 4 is 16.7 Å². The van der Waals surface area contributed by atoms with E-state index in [-0.39, 0.29) is 12.5 Å². The van der Waals surface area contributed by atoms with E-state index >= 15 is 0 Å². The first-order valence-electron chi connectivity index (χ1n) is 7.68. The third kappa shape index (κ3) is 5.10. The number of rotatable bonds is 8. The number of hydrogen-bond donors (Lipinski definition) is 1. The van der Waals surface area contributed by atoms with Gasteiger partial charge in [-0.15, -0.1) is 0 Å². The average molecular weight is 285 g/mol. The number of hydrogen-bond acceptors (Lipinski definition) is 2. The number of ether oxygens (including phenoxy) is 1. The van der Waals surface area contributed by atoms with Crippen LogP contribution in [0.1, 0.15) is 32.6 Å². The monoisotopic (exact) mass is 285 g/mol. The molecule has 112 valence electrons. The van der Waals surface area contributed by atoms with Gasteiger partial charge in [0.2, 0.25) is 0 Å². The fraction of sp³-hybridized carbons (Fsp3) is 0.389. The maximum atomic E-state index is 11.7. The molecule has 0 aliphatic carbocycles. The normalized spacial score (nSPS) is 10.5. The Bertz CT molecular complexity index is 580. The van der Waals surface area contributed by atoms with Crippen LogP contribution < -0.4 is 10.1 Å². The summed E-state index contributed by atoms with van der Waals surface area (Å²) in [6.07, 6.45) is 4.64. The molecular formula is C18H23NO2. The minimum Gasteiger partial charge on any atom is -0.484 e. The highest BCUT2D eigenvalue weighted by atomic mass is 16.5. The second-order valence-electron chi connectivity index (χ2n) is 5.21. The molecule has 0 bridgehead atoms. The molecule has 0 unspecified atom stereocenters. The van der Waals surface area contributed by atoms with E-state index in [2.05, 4.69) is 18.3 Å². The molecule has 2 aromatic rings. The minimum atomic E-state index is -0.0559. The highest BCUT2D eigenvalue weighted by molar-refractivity contribution is 5.84. The molecule has 0 saturated carbocycles. The van der Waals surface area contributed by atoms with Gasteiger partial charge < -0.3 is 10.1 Å². The molecule has 0 radical (unpaired) electrons. The van der Waals surface area contributed by atoms with Crippen LogP contribution in [-0.4, -0.2) is 19.1 Å². The van der Waals surface area contributed by atoms with E-state index in [1.54, 1.807) is 0 Å². The van der Waals surface area contributed by atoms with E-state index in [0.29, 0.717) is 0 Å². The van der Waals surface area contributed by atoms with Crippen molar-refractivity contribution in [2.24, 2.45) is 0 Å². The zero-order valence-corrected chi connectivity index (χ0v) is 12.6. The van der Waals surface area contributed by atoms with E-state index in [0.717, 1.165) is 24.1 Å². The van der Waals surface area contributed by atoms with Crippen LogP contribution in [0.4, 0.5) is 0 Å². The maximum absolute atomic E-state index is 11.7. The van der Waals surface area contributed by atoms with E-state index in [1.807, 2.05) is 36.4 Å². The van der Waals surface area contributed by atoms with Gasteiger partial charge in [0.05, 0.1) is 0 Å². The molecule has 0 fully saturated rings. The quantitative estimate of drug-likeness (QED) is 0.747. The van der Waals surface area contributed by atoms with Crippen LogP contribution in [0.25, 0.3) is 10.8 Å². The van der Waals surface area contributed by atoms with Crippen molar-refractivity contribution in [1.82, 2.24) is 5.32 Å². The number of amides is 1. The van der Waals surface area contributed by atoms with E-state index in [9.17, 15) is 4.79 Å². The molecule has 0 aliphatic rings. The Kier molecular flexibility index (Phi) is 6.07. The van der Waals surface area contributed by atoms with Crippen molar-refractivity contribution in [2.45, 2.75) is 32.6 Å². The fourth-order valence-electron chi connectivity index (χ4n) is 2.24. The Morgan fingerprint density at radius 1 is 1.05 bits per heavy atom. The topological polar surface area (TPSA) is 38.3 Å². The van der Waals surface area contributed by atoms with E-state index in [1.165, 1.54) is 24.6 Å². The first-order valence-corrected chi connectivity index (χ1v) is 7.68. The van der Waals surface area contributed by atoms with Crippen molar-refractivity contribution in [1.29, 1.82) is 0 Å². The summed E-state index contributed by atoms with van der Waals surface area (Å²) in [5.74, 6) is 0.675. The minimum absolute atomic E-state index is 0.0559. The van der Waals surface area contributed by atoms with E-state index in [4.69, 9.17) is 4.74 Å². The first kappa shape index (κ1) is 15.4. The number of carbonyl (C=O) groups excluding carboxylic acids is 1. The van der Waals surface area contributed by atoms with Gasteiger partial charge in [-0.2, -0.15) is 0 Å². The molecule has 21 heavy (non-hydrogen) atoms. The molecular weight excluding hydrogens is 262 g/mol. The number of fused-ring (bicyclic) bond motifs is 1. The predicted octanol–water partition coefficient (Wildman–Crippen LogP) is 3.92. The first-order chi connectivity index (χ1) is 10.3. The summed E-state index contributed by atoms with van der Waals surface area (Å²) in [7, 11) is 0. The smallest absolute Gasteiger partial charge is 0.257 e. The number of unbranched alkanes of at least 4 members (excludes halogenated alkanes) is 3. The summed E-state index contributed by atoms with van der Waals surface area (Å²) in [5, 5.41) is 5.18. The van der Waals surface area contributed by atoms with Gasteiger partial charge in [-0.3, -0.25) is 4.79 Å². The van der Waals surface area contributed by atoms with Crippen LogP contribution >= 0.6 is 0 Å². The average Bonchev–Trinajstić information content (AvgIpc) is 2.52. The summed E-state index contributed by atoms with van der Waals surface area (Å²) in [5.41, 5.74) is 0. The van der Waals surface area contributed by atoms with Crippen LogP contribution in [-0.2, 0) is 4.79 Å². The zero-order chi connectivity index (χ0) is 14.9. The van der Waals surface area contributed by atoms with Crippen molar-refractivity contribution in [3.05, 3.63) is 42.5 Å². The summed E-state index contributed by atoms with van der Waals surface area (Å²) in [6.45, 7) is 2.99.